The summed E-state index contributed by atoms with van der Waals surface area (Å²) in [6.07, 6.45) is 22.0. The van der Waals surface area contributed by atoms with Gasteiger partial charge in [0.05, 0.1) is 5.75 Å². The molecule has 7 nitrogen and oxygen atoms in total. The summed E-state index contributed by atoms with van der Waals surface area (Å²) >= 11 is 0. The number of carbonyl (C=O) groups is 2. The summed E-state index contributed by atoms with van der Waals surface area (Å²) in [6.45, 7) is 2.25. The van der Waals surface area contributed by atoms with Gasteiger partial charge in [0, 0.05) is 11.1 Å². The van der Waals surface area contributed by atoms with Gasteiger partial charge < -0.3 is 10.2 Å². The van der Waals surface area contributed by atoms with E-state index in [4.69, 9.17) is 4.55 Å². The summed E-state index contributed by atoms with van der Waals surface area (Å²) < 4.78 is 30.4. The van der Waals surface area contributed by atoms with Gasteiger partial charge >= 0.3 is 11.9 Å². The number of unbranched alkanes of at least 4 members (excludes halogenated alkanes) is 17. The molecule has 0 heterocycles. The summed E-state index contributed by atoms with van der Waals surface area (Å²) in [5.41, 5.74) is -0.433. The fraction of sp³-hybridized carbons (Fsp3) is 0.852. The molecular weight excluding hydrogens is 468 g/mol. The summed E-state index contributed by atoms with van der Waals surface area (Å²) in [7, 11) is -4.20. The fourth-order valence-electron chi connectivity index (χ4n) is 4.41. The van der Waals surface area contributed by atoms with E-state index in [2.05, 4.69) is 6.92 Å². The second-order valence-corrected chi connectivity index (χ2v) is 11.3. The summed E-state index contributed by atoms with van der Waals surface area (Å²) in [6, 6.07) is 0. The molecule has 0 fully saturated rings. The number of hydrogen-bond donors (Lipinski definition) is 3. The van der Waals surface area contributed by atoms with E-state index in [1.807, 2.05) is 0 Å². The third-order valence-corrected chi connectivity index (χ3v) is 7.29. The van der Waals surface area contributed by atoms with Gasteiger partial charge in [-0.2, -0.15) is 8.42 Å². The van der Waals surface area contributed by atoms with E-state index in [1.54, 1.807) is 0 Å². The van der Waals surface area contributed by atoms with Crippen LogP contribution in [0.25, 0.3) is 0 Å². The molecule has 0 amide bonds. The maximum Gasteiger partial charge on any atom is 0.332 e. The SMILES string of the molecule is CCCCCCCCCCCCCCCCCCCC/C(C(=O)O)=C(\CCCS(=O)(=O)O)C(=O)O. The van der Waals surface area contributed by atoms with Gasteiger partial charge in [0.1, 0.15) is 0 Å². The van der Waals surface area contributed by atoms with E-state index in [-0.39, 0.29) is 30.4 Å². The van der Waals surface area contributed by atoms with Crippen LogP contribution in [0, 0.1) is 0 Å². The zero-order valence-corrected chi connectivity index (χ0v) is 22.8. The lowest BCUT2D eigenvalue weighted by molar-refractivity contribution is -0.136. The van der Waals surface area contributed by atoms with Crippen molar-refractivity contribution >= 4 is 22.1 Å². The molecule has 0 aliphatic heterocycles. The molecule has 0 atom stereocenters. The van der Waals surface area contributed by atoms with Crippen molar-refractivity contribution in [2.24, 2.45) is 0 Å². The first-order chi connectivity index (χ1) is 16.7. The molecule has 0 saturated heterocycles. The molecule has 0 aliphatic carbocycles. The molecule has 0 aliphatic rings. The van der Waals surface area contributed by atoms with E-state index in [0.717, 1.165) is 19.3 Å². The Balaban J connectivity index is 3.84. The Morgan fingerprint density at radius 1 is 0.514 bits per heavy atom. The highest BCUT2D eigenvalue weighted by Crippen LogP contribution is 2.20. The Bertz CT molecular complexity index is 698. The lowest BCUT2D eigenvalue weighted by Gasteiger charge is -2.09. The number of rotatable bonds is 25. The van der Waals surface area contributed by atoms with Crippen LogP contribution < -0.4 is 0 Å². The molecule has 0 aromatic heterocycles. The molecule has 0 radical (unpaired) electrons. The van der Waals surface area contributed by atoms with Gasteiger partial charge in [-0.25, -0.2) is 9.59 Å². The first kappa shape index (κ1) is 33.6. The van der Waals surface area contributed by atoms with Crippen LogP contribution in [-0.4, -0.2) is 40.9 Å². The highest BCUT2D eigenvalue weighted by molar-refractivity contribution is 7.85. The van der Waals surface area contributed by atoms with Crippen molar-refractivity contribution in [3.05, 3.63) is 11.1 Å². The van der Waals surface area contributed by atoms with Crippen molar-refractivity contribution in [2.45, 2.75) is 142 Å². The molecule has 0 bridgehead atoms. The highest BCUT2D eigenvalue weighted by Gasteiger charge is 2.20. The Kier molecular flexibility index (Phi) is 21.0. The Morgan fingerprint density at radius 2 is 0.800 bits per heavy atom. The van der Waals surface area contributed by atoms with Crippen LogP contribution in [0.3, 0.4) is 0 Å². The van der Waals surface area contributed by atoms with E-state index >= 15 is 0 Å². The second kappa shape index (κ2) is 21.8. The third kappa shape index (κ3) is 21.6. The lowest BCUT2D eigenvalue weighted by atomic mass is 9.97. The predicted octanol–water partition coefficient (Wildman–Crippen LogP) is 7.55. The fourth-order valence-corrected chi connectivity index (χ4v) is 4.92. The van der Waals surface area contributed by atoms with Crippen LogP contribution in [0.1, 0.15) is 142 Å². The van der Waals surface area contributed by atoms with Crippen LogP contribution in [0.5, 0.6) is 0 Å². The standard InChI is InChI=1S/C27H50O7S/c1-2-3-4-5-6-7-8-9-10-11-12-13-14-15-16-17-18-19-21-24(26(28)29)25(27(30)31)22-20-23-35(32,33)34/h2-23H2,1H3,(H,28,29)(H,30,31)(H,32,33,34)/b25-24-. The third-order valence-electron chi connectivity index (χ3n) is 6.49. The quantitative estimate of drug-likeness (QED) is 0.0646. The lowest BCUT2D eigenvalue weighted by Crippen LogP contribution is -2.13. The minimum Gasteiger partial charge on any atom is -0.478 e. The van der Waals surface area contributed by atoms with Crippen molar-refractivity contribution in [1.82, 2.24) is 0 Å². The molecule has 8 heteroatoms. The Hall–Kier alpha value is -1.41. The number of hydrogen-bond acceptors (Lipinski definition) is 4. The van der Waals surface area contributed by atoms with Crippen LogP contribution in [-0.2, 0) is 19.7 Å². The minimum absolute atomic E-state index is 0.129. The largest absolute Gasteiger partial charge is 0.478 e. The molecule has 0 unspecified atom stereocenters. The zero-order chi connectivity index (χ0) is 26.4. The smallest absolute Gasteiger partial charge is 0.332 e. The normalized spacial score (nSPS) is 12.5. The first-order valence-corrected chi connectivity index (χ1v) is 15.4. The topological polar surface area (TPSA) is 129 Å². The van der Waals surface area contributed by atoms with Crippen molar-refractivity contribution in [2.75, 3.05) is 5.75 Å². The van der Waals surface area contributed by atoms with E-state index in [0.29, 0.717) is 6.42 Å². The molecule has 0 aromatic carbocycles. The monoisotopic (exact) mass is 518 g/mol. The molecule has 0 rings (SSSR count). The van der Waals surface area contributed by atoms with E-state index in [9.17, 15) is 28.2 Å². The average Bonchev–Trinajstić information content (AvgIpc) is 2.78. The first-order valence-electron chi connectivity index (χ1n) is 13.8. The maximum absolute atomic E-state index is 11.5. The van der Waals surface area contributed by atoms with Crippen molar-refractivity contribution < 1.29 is 32.8 Å². The van der Waals surface area contributed by atoms with Gasteiger partial charge in [0.15, 0.2) is 0 Å². The minimum atomic E-state index is -4.20. The Morgan fingerprint density at radius 3 is 1.09 bits per heavy atom. The number of carboxylic acids is 2. The van der Waals surface area contributed by atoms with Crippen LogP contribution in [0.4, 0.5) is 0 Å². The second-order valence-electron chi connectivity index (χ2n) is 9.72. The highest BCUT2D eigenvalue weighted by atomic mass is 32.2. The van der Waals surface area contributed by atoms with Crippen molar-refractivity contribution in [1.29, 1.82) is 0 Å². The molecule has 0 saturated carbocycles. The van der Waals surface area contributed by atoms with Crippen LogP contribution in [0.15, 0.2) is 11.1 Å². The van der Waals surface area contributed by atoms with Gasteiger partial charge in [0.2, 0.25) is 0 Å². The maximum atomic E-state index is 11.5. The molecular formula is C27H50O7S. The van der Waals surface area contributed by atoms with Gasteiger partial charge in [-0.05, 0) is 25.7 Å². The number of aliphatic carboxylic acids is 2. The molecule has 3 N–H and O–H groups in total. The molecule has 0 aromatic rings. The molecule has 206 valence electrons. The summed E-state index contributed by atoms with van der Waals surface area (Å²) in [4.78, 5) is 23.0. The predicted molar refractivity (Wildman–Crippen MR) is 141 cm³/mol. The van der Waals surface area contributed by atoms with E-state index < -0.39 is 27.8 Å². The zero-order valence-electron chi connectivity index (χ0n) is 21.9. The van der Waals surface area contributed by atoms with Gasteiger partial charge in [-0.15, -0.1) is 0 Å². The van der Waals surface area contributed by atoms with Gasteiger partial charge in [0.25, 0.3) is 10.1 Å². The van der Waals surface area contributed by atoms with E-state index in [1.165, 1.54) is 89.9 Å². The van der Waals surface area contributed by atoms with Crippen LogP contribution >= 0.6 is 0 Å². The van der Waals surface area contributed by atoms with Crippen LogP contribution in [0.2, 0.25) is 0 Å². The van der Waals surface area contributed by atoms with Crippen molar-refractivity contribution in [3.63, 3.8) is 0 Å². The van der Waals surface area contributed by atoms with Gasteiger partial charge in [-0.3, -0.25) is 4.55 Å². The van der Waals surface area contributed by atoms with Crippen molar-refractivity contribution in [3.8, 4) is 0 Å². The van der Waals surface area contributed by atoms with Gasteiger partial charge in [-0.1, -0.05) is 116 Å². The summed E-state index contributed by atoms with van der Waals surface area (Å²) in [5, 5.41) is 18.7. The Labute approximate surface area is 213 Å². The average molecular weight is 519 g/mol. The molecule has 35 heavy (non-hydrogen) atoms. The molecule has 0 spiro atoms. The number of carboxylic acid groups (broad SMARTS) is 2. The summed E-state index contributed by atoms with van der Waals surface area (Å²) in [5.74, 6) is -3.21.